The molecule has 3 aromatic rings. The minimum atomic E-state index is -0.312. The van der Waals surface area contributed by atoms with Gasteiger partial charge in [-0.3, -0.25) is 4.98 Å². The van der Waals surface area contributed by atoms with Crippen molar-refractivity contribution in [3.63, 3.8) is 0 Å². The fourth-order valence-corrected chi connectivity index (χ4v) is 4.11. The quantitative estimate of drug-likeness (QED) is 0.539. The third-order valence-corrected chi connectivity index (χ3v) is 5.89. The number of nitrogens with zero attached hydrogens (tertiary/aromatic N) is 4. The number of likely N-dealkylation sites (tertiary alicyclic amines) is 1. The molecule has 1 saturated heterocycles. The van der Waals surface area contributed by atoms with Gasteiger partial charge in [0.05, 0.1) is 12.4 Å². The van der Waals surface area contributed by atoms with Crippen LogP contribution in [-0.4, -0.2) is 50.9 Å². The number of thioether (sulfide) groups is 1. The Hall–Kier alpha value is -3.00. The summed E-state index contributed by atoms with van der Waals surface area (Å²) in [5.41, 5.74) is 1.22. The lowest BCUT2D eigenvalue weighted by Crippen LogP contribution is -2.44. The highest BCUT2D eigenvalue weighted by molar-refractivity contribution is 7.99. The molecule has 0 radical (unpaired) electrons. The number of ether oxygens (including phenoxy) is 1. The van der Waals surface area contributed by atoms with E-state index in [0.717, 1.165) is 25.0 Å². The maximum atomic E-state index is 12.4. The van der Waals surface area contributed by atoms with Crippen molar-refractivity contribution in [2.45, 2.75) is 30.3 Å². The molecule has 156 valence electrons. The van der Waals surface area contributed by atoms with Crippen LogP contribution in [0.5, 0.6) is 5.75 Å². The molecule has 0 bridgehead atoms. The number of piperidine rings is 1. The molecule has 0 spiro atoms. The van der Waals surface area contributed by atoms with Crippen molar-refractivity contribution in [2.75, 3.05) is 18.8 Å². The predicted octanol–water partition coefficient (Wildman–Crippen LogP) is 3.70. The highest BCUT2D eigenvalue weighted by atomic mass is 32.2. The third kappa shape index (κ3) is 5.76. The molecule has 30 heavy (non-hydrogen) atoms. The number of carbonyl (C=O) groups is 1. The number of aromatic nitrogens is 3. The zero-order valence-electron chi connectivity index (χ0n) is 16.6. The van der Waals surface area contributed by atoms with Crippen molar-refractivity contribution in [1.82, 2.24) is 19.8 Å². The highest BCUT2D eigenvalue weighted by Gasteiger charge is 2.25. The van der Waals surface area contributed by atoms with E-state index in [1.807, 2.05) is 42.5 Å². The molecule has 2 aromatic heterocycles. The fraction of sp³-hybridized carbons (Fsp3) is 0.318. The standard InChI is InChI=1S/C22H24N4O3S/c27-22(25-15-8-20(9-16-25)29-26-14-1-11-24-26)28-19-4-2-18(3-5-19)10-17-30-21-6-12-23-13-7-21/h1-7,11-14,20H,8-10,15-17H2. The third-order valence-electron chi connectivity index (χ3n) is 4.88. The second kappa shape index (κ2) is 10.2. The lowest BCUT2D eigenvalue weighted by molar-refractivity contribution is -0.0162. The fourth-order valence-electron chi connectivity index (χ4n) is 3.22. The molecule has 8 heteroatoms. The van der Waals surface area contributed by atoms with Gasteiger partial charge in [0.1, 0.15) is 11.9 Å². The van der Waals surface area contributed by atoms with Gasteiger partial charge in [0.15, 0.2) is 0 Å². The predicted molar refractivity (Wildman–Crippen MR) is 115 cm³/mol. The molecular formula is C22H24N4O3S. The molecule has 3 heterocycles. The molecule has 1 aromatic carbocycles. The Morgan fingerprint density at radius 1 is 1.07 bits per heavy atom. The van der Waals surface area contributed by atoms with Crippen molar-refractivity contribution < 1.29 is 14.4 Å². The average Bonchev–Trinajstić information content (AvgIpc) is 3.29. The maximum Gasteiger partial charge on any atom is 0.415 e. The zero-order chi connectivity index (χ0) is 20.6. The molecule has 0 saturated carbocycles. The molecule has 1 aliphatic rings. The lowest BCUT2D eigenvalue weighted by Gasteiger charge is -2.30. The van der Waals surface area contributed by atoms with Crippen molar-refractivity contribution >= 4 is 17.9 Å². The summed E-state index contributed by atoms with van der Waals surface area (Å²) < 4.78 is 5.54. The van der Waals surface area contributed by atoms with Crippen LogP contribution in [0.25, 0.3) is 0 Å². The van der Waals surface area contributed by atoms with Crippen LogP contribution in [0.4, 0.5) is 4.79 Å². The van der Waals surface area contributed by atoms with E-state index >= 15 is 0 Å². The van der Waals surface area contributed by atoms with E-state index in [-0.39, 0.29) is 12.2 Å². The first kappa shape index (κ1) is 20.3. The van der Waals surface area contributed by atoms with Crippen LogP contribution in [0.3, 0.4) is 0 Å². The smallest absolute Gasteiger partial charge is 0.410 e. The summed E-state index contributed by atoms with van der Waals surface area (Å²) in [4.78, 5) is 26.6. The largest absolute Gasteiger partial charge is 0.415 e. The van der Waals surface area contributed by atoms with Crippen molar-refractivity contribution in [3.05, 3.63) is 72.8 Å². The highest BCUT2D eigenvalue weighted by Crippen LogP contribution is 2.20. The van der Waals surface area contributed by atoms with Gasteiger partial charge in [0, 0.05) is 49.0 Å². The Morgan fingerprint density at radius 3 is 2.53 bits per heavy atom. The Balaban J connectivity index is 1.19. The second-order valence-corrected chi connectivity index (χ2v) is 8.16. The van der Waals surface area contributed by atoms with Gasteiger partial charge in [0.25, 0.3) is 0 Å². The van der Waals surface area contributed by atoms with E-state index < -0.39 is 0 Å². The number of pyridine rings is 1. The maximum absolute atomic E-state index is 12.4. The van der Waals surface area contributed by atoms with Gasteiger partial charge in [-0.2, -0.15) is 0 Å². The topological polar surface area (TPSA) is 69.5 Å². The molecule has 1 amide bonds. The van der Waals surface area contributed by atoms with Gasteiger partial charge >= 0.3 is 6.09 Å². The van der Waals surface area contributed by atoms with Gasteiger partial charge in [-0.1, -0.05) is 12.1 Å². The molecule has 1 fully saturated rings. The normalized spacial score (nSPS) is 14.5. The van der Waals surface area contributed by atoms with Gasteiger partial charge in [-0.15, -0.1) is 21.7 Å². The van der Waals surface area contributed by atoms with Crippen LogP contribution < -0.4 is 9.57 Å². The van der Waals surface area contributed by atoms with Crippen molar-refractivity contribution in [2.24, 2.45) is 0 Å². The number of aryl methyl sites for hydroxylation is 1. The minimum Gasteiger partial charge on any atom is -0.410 e. The summed E-state index contributed by atoms with van der Waals surface area (Å²) in [6.45, 7) is 1.21. The molecule has 1 aliphatic heterocycles. The SMILES string of the molecule is O=C(Oc1ccc(CCSc2ccncc2)cc1)N1CCC(On2cccn2)CC1. The Morgan fingerprint density at radius 2 is 1.83 bits per heavy atom. The molecule has 4 rings (SSSR count). The average molecular weight is 425 g/mol. The lowest BCUT2D eigenvalue weighted by atomic mass is 10.1. The first-order valence-electron chi connectivity index (χ1n) is 10.0. The van der Waals surface area contributed by atoms with E-state index in [1.165, 1.54) is 15.3 Å². The van der Waals surface area contributed by atoms with E-state index in [0.29, 0.717) is 18.8 Å². The number of amides is 1. The van der Waals surface area contributed by atoms with Crippen molar-refractivity contribution in [1.29, 1.82) is 0 Å². The number of benzene rings is 1. The second-order valence-electron chi connectivity index (χ2n) is 6.99. The summed E-state index contributed by atoms with van der Waals surface area (Å²) >= 11 is 1.80. The minimum absolute atomic E-state index is 0.0539. The van der Waals surface area contributed by atoms with E-state index in [2.05, 4.69) is 10.1 Å². The van der Waals surface area contributed by atoms with Crippen LogP contribution in [0.1, 0.15) is 18.4 Å². The molecule has 0 aliphatic carbocycles. The molecule has 0 N–H and O–H groups in total. The number of carbonyl (C=O) groups excluding carboxylic acids is 1. The van der Waals surface area contributed by atoms with Gasteiger partial charge in [-0.25, -0.2) is 4.79 Å². The van der Waals surface area contributed by atoms with Crippen LogP contribution in [0, 0.1) is 0 Å². The Labute approximate surface area is 180 Å². The van der Waals surface area contributed by atoms with Gasteiger partial charge in [-0.05, 0) is 42.3 Å². The molecule has 7 nitrogen and oxygen atoms in total. The summed E-state index contributed by atoms with van der Waals surface area (Å²) in [6.07, 6.45) is 9.25. The first-order chi connectivity index (χ1) is 14.8. The summed E-state index contributed by atoms with van der Waals surface area (Å²) in [7, 11) is 0. The molecule has 0 atom stereocenters. The van der Waals surface area contributed by atoms with Crippen molar-refractivity contribution in [3.8, 4) is 5.75 Å². The van der Waals surface area contributed by atoms with Gasteiger partial charge < -0.3 is 14.5 Å². The summed E-state index contributed by atoms with van der Waals surface area (Å²) in [5.74, 6) is 1.55. The number of hydrogen-bond donors (Lipinski definition) is 0. The number of rotatable bonds is 7. The van der Waals surface area contributed by atoms with E-state index in [9.17, 15) is 4.79 Å². The van der Waals surface area contributed by atoms with Gasteiger partial charge in [0.2, 0.25) is 0 Å². The van der Waals surface area contributed by atoms with Crippen LogP contribution in [-0.2, 0) is 6.42 Å². The van der Waals surface area contributed by atoms with Crippen LogP contribution >= 0.6 is 11.8 Å². The Kier molecular flexibility index (Phi) is 6.87. The Bertz CT molecular complexity index is 911. The number of hydrogen-bond acceptors (Lipinski definition) is 6. The van der Waals surface area contributed by atoms with E-state index in [1.54, 1.807) is 41.4 Å². The zero-order valence-corrected chi connectivity index (χ0v) is 17.4. The van der Waals surface area contributed by atoms with Crippen LogP contribution in [0.2, 0.25) is 0 Å². The van der Waals surface area contributed by atoms with Crippen LogP contribution in [0.15, 0.2) is 72.1 Å². The summed E-state index contributed by atoms with van der Waals surface area (Å²) in [6, 6.07) is 13.6. The monoisotopic (exact) mass is 424 g/mol. The summed E-state index contributed by atoms with van der Waals surface area (Å²) in [5, 5.41) is 4.05. The first-order valence-corrected chi connectivity index (χ1v) is 11.0. The molecular weight excluding hydrogens is 400 g/mol. The van der Waals surface area contributed by atoms with E-state index in [4.69, 9.17) is 9.57 Å². The molecule has 0 unspecified atom stereocenters.